The van der Waals surface area contributed by atoms with Gasteiger partial charge in [-0.25, -0.2) is 8.42 Å². The first-order valence-corrected chi connectivity index (χ1v) is 9.24. The molecule has 24 heavy (non-hydrogen) atoms. The van der Waals surface area contributed by atoms with E-state index in [4.69, 9.17) is 5.26 Å². The first-order chi connectivity index (χ1) is 11.3. The van der Waals surface area contributed by atoms with Crippen molar-refractivity contribution in [1.29, 1.82) is 5.26 Å². The van der Waals surface area contributed by atoms with Gasteiger partial charge in [-0.15, -0.1) is 0 Å². The second-order valence-corrected chi connectivity index (χ2v) is 8.54. The fourth-order valence-corrected chi connectivity index (χ4v) is 3.60. The normalized spacial score (nSPS) is 16.3. The van der Waals surface area contributed by atoms with Crippen LogP contribution in [0.4, 0.5) is 5.82 Å². The number of nitrogens with one attached hydrogen (secondary N) is 2. The molecule has 0 aromatic carbocycles. The van der Waals surface area contributed by atoms with Crippen molar-refractivity contribution >= 4 is 21.7 Å². The van der Waals surface area contributed by atoms with E-state index in [0.717, 1.165) is 5.69 Å². The van der Waals surface area contributed by atoms with Crippen LogP contribution >= 0.6 is 0 Å². The monoisotopic (exact) mass is 354 g/mol. The molecule has 2 N–H and O–H groups in total. The van der Waals surface area contributed by atoms with E-state index in [1.54, 1.807) is 37.7 Å². The van der Waals surface area contributed by atoms with Crippen LogP contribution in [0.1, 0.15) is 26.5 Å². The fourth-order valence-electron chi connectivity index (χ4n) is 2.36. The highest BCUT2D eigenvalue weighted by molar-refractivity contribution is 7.89. The zero-order chi connectivity index (χ0) is 17.9. The quantitative estimate of drug-likeness (QED) is 0.551. The number of rotatable bonds is 6. The number of nitriles is 1. The van der Waals surface area contributed by atoms with Gasteiger partial charge in [0, 0.05) is 19.2 Å². The summed E-state index contributed by atoms with van der Waals surface area (Å²) in [5.74, 6) is -0.247. The summed E-state index contributed by atoms with van der Waals surface area (Å²) in [6, 6.07) is 1.68. The van der Waals surface area contributed by atoms with Crippen LogP contribution in [0.25, 0.3) is 0 Å². The average molecular weight is 354 g/mol. The third-order valence-electron chi connectivity index (χ3n) is 3.90. The van der Waals surface area contributed by atoms with E-state index >= 15 is 0 Å². The van der Waals surface area contributed by atoms with Gasteiger partial charge in [-0.2, -0.15) is 14.7 Å². The molecule has 2 heterocycles. The first-order valence-electron chi connectivity index (χ1n) is 7.74. The van der Waals surface area contributed by atoms with Gasteiger partial charge in [0.2, 0.25) is 15.9 Å². The van der Waals surface area contributed by atoms with Gasteiger partial charge in [-0.1, -0.05) is 6.92 Å². The molecule has 2 rings (SSSR count). The third-order valence-corrected chi connectivity index (χ3v) is 6.13. The molecule has 1 amide bonds. The van der Waals surface area contributed by atoms with Crippen LogP contribution in [-0.4, -0.2) is 46.8 Å². The molecule has 0 saturated carbocycles. The van der Waals surface area contributed by atoms with Crippen LogP contribution in [0.3, 0.4) is 0 Å². The molecular weight excluding hydrogens is 332 g/mol. The highest BCUT2D eigenvalue weighted by Gasteiger charge is 2.30. The maximum absolute atomic E-state index is 12.3. The average Bonchev–Trinajstić information content (AvgIpc) is 2.93. The summed E-state index contributed by atoms with van der Waals surface area (Å²) in [5.41, 5.74) is 0.739. The van der Waals surface area contributed by atoms with Crippen molar-refractivity contribution in [2.75, 3.05) is 18.4 Å². The van der Waals surface area contributed by atoms with Crippen molar-refractivity contribution in [3.63, 3.8) is 0 Å². The van der Waals surface area contributed by atoms with E-state index < -0.39 is 15.3 Å². The third kappa shape index (κ3) is 3.85. The molecule has 1 aliphatic rings. The standard InChI is InChI=1S/C14H22N6O3S/c1-10(2)24(22,23)19-4-5-20-12(8-19)6-13(18-20)17-14(21)11(3)7-16-9-15/h6,10-11,16H,4-5,7-8H2,1-3H3,(H,17,18,21)/t11-/m0/s1. The van der Waals surface area contributed by atoms with E-state index in [0.29, 0.717) is 18.9 Å². The Kier molecular flexibility index (Phi) is 5.46. The van der Waals surface area contributed by atoms with Crippen molar-refractivity contribution in [2.45, 2.75) is 39.1 Å². The lowest BCUT2D eigenvalue weighted by atomic mass is 10.1. The van der Waals surface area contributed by atoms with Gasteiger partial charge < -0.3 is 10.6 Å². The molecule has 1 aromatic rings. The summed E-state index contributed by atoms with van der Waals surface area (Å²) in [6.07, 6.45) is 1.77. The molecule has 1 atom stereocenters. The van der Waals surface area contributed by atoms with Crippen molar-refractivity contribution in [2.24, 2.45) is 5.92 Å². The molecule has 0 spiro atoms. The number of nitrogens with zero attached hydrogens (tertiary/aromatic N) is 4. The number of hydrogen-bond donors (Lipinski definition) is 2. The SMILES string of the molecule is CC(C)S(=O)(=O)N1CCn2nc(NC(=O)[C@@H](C)CNC#N)cc2C1. The topological polar surface area (TPSA) is 120 Å². The first kappa shape index (κ1) is 18.2. The van der Waals surface area contributed by atoms with Crippen LogP contribution in [0.2, 0.25) is 0 Å². The van der Waals surface area contributed by atoms with Gasteiger partial charge in [0.05, 0.1) is 30.0 Å². The molecule has 0 bridgehead atoms. The van der Waals surface area contributed by atoms with Gasteiger partial charge in [-0.3, -0.25) is 9.48 Å². The lowest BCUT2D eigenvalue weighted by Gasteiger charge is -2.28. The molecule has 1 aliphatic heterocycles. The molecule has 9 nitrogen and oxygen atoms in total. The summed E-state index contributed by atoms with van der Waals surface area (Å²) >= 11 is 0. The lowest BCUT2D eigenvalue weighted by Crippen LogP contribution is -2.41. The largest absolute Gasteiger partial charge is 0.323 e. The van der Waals surface area contributed by atoms with Crippen molar-refractivity contribution in [3.8, 4) is 6.19 Å². The Morgan fingerprint density at radius 1 is 1.42 bits per heavy atom. The molecule has 0 aliphatic carbocycles. The fraction of sp³-hybridized carbons (Fsp3) is 0.643. The summed E-state index contributed by atoms with van der Waals surface area (Å²) in [6.45, 7) is 6.32. The van der Waals surface area contributed by atoms with E-state index in [1.807, 2.05) is 0 Å². The Morgan fingerprint density at radius 2 is 2.12 bits per heavy atom. The van der Waals surface area contributed by atoms with Crippen molar-refractivity contribution < 1.29 is 13.2 Å². The van der Waals surface area contributed by atoms with Gasteiger partial charge in [0.1, 0.15) is 0 Å². The van der Waals surface area contributed by atoms with Crippen LogP contribution in [-0.2, 0) is 27.9 Å². The second kappa shape index (κ2) is 7.19. The highest BCUT2D eigenvalue weighted by Crippen LogP contribution is 2.21. The zero-order valence-electron chi connectivity index (χ0n) is 14.0. The Bertz CT molecular complexity index is 749. The Hall–Kier alpha value is -2.12. The smallest absolute Gasteiger partial charge is 0.230 e. The van der Waals surface area contributed by atoms with Gasteiger partial charge in [-0.05, 0) is 13.8 Å². The molecule has 0 unspecified atom stereocenters. The van der Waals surface area contributed by atoms with Gasteiger partial charge >= 0.3 is 0 Å². The summed E-state index contributed by atoms with van der Waals surface area (Å²) < 4.78 is 27.7. The number of fused-ring (bicyclic) bond motifs is 1. The number of hydrogen-bond acceptors (Lipinski definition) is 6. The van der Waals surface area contributed by atoms with Crippen molar-refractivity contribution in [1.82, 2.24) is 19.4 Å². The molecule has 0 saturated heterocycles. The van der Waals surface area contributed by atoms with Gasteiger partial charge in [0.15, 0.2) is 12.0 Å². The van der Waals surface area contributed by atoms with Crippen LogP contribution in [0.15, 0.2) is 6.07 Å². The predicted octanol–water partition coefficient (Wildman–Crippen LogP) is 0.0822. The highest BCUT2D eigenvalue weighted by atomic mass is 32.2. The number of aromatic nitrogens is 2. The molecule has 0 fully saturated rings. The molecule has 0 radical (unpaired) electrons. The van der Waals surface area contributed by atoms with Crippen molar-refractivity contribution in [3.05, 3.63) is 11.8 Å². The number of sulfonamides is 1. The van der Waals surface area contributed by atoms with Crippen LogP contribution in [0.5, 0.6) is 0 Å². The number of carbonyl (C=O) groups is 1. The lowest BCUT2D eigenvalue weighted by molar-refractivity contribution is -0.119. The minimum absolute atomic E-state index is 0.245. The molecule has 1 aromatic heterocycles. The molecule has 132 valence electrons. The minimum atomic E-state index is -3.31. The molecule has 10 heteroatoms. The number of amides is 1. The second-order valence-electron chi connectivity index (χ2n) is 6.05. The number of carbonyl (C=O) groups excluding carboxylic acids is 1. The molecular formula is C14H22N6O3S. The van der Waals surface area contributed by atoms with Crippen LogP contribution < -0.4 is 10.6 Å². The van der Waals surface area contributed by atoms with Gasteiger partial charge in [0.25, 0.3) is 0 Å². The number of anilines is 1. The maximum Gasteiger partial charge on any atom is 0.230 e. The zero-order valence-corrected chi connectivity index (χ0v) is 14.8. The van der Waals surface area contributed by atoms with E-state index in [-0.39, 0.29) is 24.9 Å². The minimum Gasteiger partial charge on any atom is -0.323 e. The maximum atomic E-state index is 12.3. The Balaban J connectivity index is 2.06. The summed E-state index contributed by atoms with van der Waals surface area (Å²) in [7, 11) is -3.31. The van der Waals surface area contributed by atoms with E-state index in [9.17, 15) is 13.2 Å². The Morgan fingerprint density at radius 3 is 2.75 bits per heavy atom. The van der Waals surface area contributed by atoms with E-state index in [2.05, 4.69) is 15.7 Å². The summed E-state index contributed by atoms with van der Waals surface area (Å²) in [5, 5.41) is 17.4. The predicted molar refractivity (Wildman–Crippen MR) is 88.1 cm³/mol. The Labute approximate surface area is 141 Å². The summed E-state index contributed by atoms with van der Waals surface area (Å²) in [4.78, 5) is 12.0. The van der Waals surface area contributed by atoms with Crippen LogP contribution in [0, 0.1) is 17.4 Å². The van der Waals surface area contributed by atoms with E-state index in [1.165, 1.54) is 4.31 Å².